The quantitative estimate of drug-likeness (QED) is 0.877. The van der Waals surface area contributed by atoms with E-state index in [4.69, 9.17) is 22.1 Å². The predicted octanol–water partition coefficient (Wildman–Crippen LogP) is 2.59. The van der Waals surface area contributed by atoms with Crippen LogP contribution >= 0.6 is 11.6 Å². The van der Waals surface area contributed by atoms with E-state index in [1.54, 1.807) is 0 Å². The third-order valence-corrected chi connectivity index (χ3v) is 3.75. The monoisotopic (exact) mass is 239 g/mol. The van der Waals surface area contributed by atoms with Gasteiger partial charge in [-0.05, 0) is 18.1 Å². The average Bonchev–Trinajstić information content (AvgIpc) is 2.24. The van der Waals surface area contributed by atoms with E-state index >= 15 is 0 Å². The van der Waals surface area contributed by atoms with Gasteiger partial charge in [0.25, 0.3) is 0 Å². The first-order chi connectivity index (χ1) is 7.65. The molecule has 1 aromatic carbocycles. The summed E-state index contributed by atoms with van der Waals surface area (Å²) in [6.45, 7) is 4.53. The van der Waals surface area contributed by atoms with E-state index in [1.807, 2.05) is 18.2 Å². The van der Waals surface area contributed by atoms with Crippen LogP contribution in [0.25, 0.3) is 0 Å². The fourth-order valence-electron chi connectivity index (χ4n) is 2.29. The maximum Gasteiger partial charge on any atom is 0.0516 e. The third kappa shape index (κ3) is 2.24. The summed E-state index contributed by atoms with van der Waals surface area (Å²) in [7, 11) is 0. The van der Waals surface area contributed by atoms with Crippen molar-refractivity contribution in [2.45, 2.75) is 18.8 Å². The van der Waals surface area contributed by atoms with Crippen molar-refractivity contribution < 1.29 is 4.74 Å². The Labute approximate surface area is 102 Å². The van der Waals surface area contributed by atoms with E-state index in [9.17, 15) is 0 Å². The third-order valence-electron chi connectivity index (χ3n) is 3.42. The Kier molecular flexibility index (Phi) is 3.53. The number of nitrogens with two attached hydrogens (primary N) is 1. The van der Waals surface area contributed by atoms with Crippen molar-refractivity contribution in [1.29, 1.82) is 0 Å². The molecule has 0 spiro atoms. The number of halogens is 1. The van der Waals surface area contributed by atoms with Gasteiger partial charge in [-0.1, -0.05) is 36.7 Å². The molecule has 1 heterocycles. The van der Waals surface area contributed by atoms with Crippen molar-refractivity contribution in [3.05, 3.63) is 34.9 Å². The number of hydrogen-bond acceptors (Lipinski definition) is 2. The summed E-state index contributed by atoms with van der Waals surface area (Å²) in [6, 6.07) is 7.98. The van der Waals surface area contributed by atoms with Gasteiger partial charge in [-0.15, -0.1) is 0 Å². The van der Waals surface area contributed by atoms with Crippen molar-refractivity contribution in [3.63, 3.8) is 0 Å². The predicted molar refractivity (Wildman–Crippen MR) is 66.8 cm³/mol. The Morgan fingerprint density at radius 3 is 2.62 bits per heavy atom. The summed E-state index contributed by atoms with van der Waals surface area (Å²) >= 11 is 6.25. The van der Waals surface area contributed by atoms with Crippen molar-refractivity contribution in [1.82, 2.24) is 0 Å². The highest BCUT2D eigenvalue weighted by Crippen LogP contribution is 2.36. The van der Waals surface area contributed by atoms with Crippen LogP contribution in [0.3, 0.4) is 0 Å². The zero-order valence-corrected chi connectivity index (χ0v) is 10.3. The lowest BCUT2D eigenvalue weighted by Crippen LogP contribution is -2.40. The molecule has 1 fully saturated rings. The molecule has 0 radical (unpaired) electrons. The second kappa shape index (κ2) is 4.74. The van der Waals surface area contributed by atoms with Crippen molar-refractivity contribution in [3.8, 4) is 0 Å². The fraction of sp³-hybridized carbons (Fsp3) is 0.538. The highest BCUT2D eigenvalue weighted by atomic mass is 35.5. The largest absolute Gasteiger partial charge is 0.381 e. The maximum atomic E-state index is 6.25. The van der Waals surface area contributed by atoms with E-state index in [-0.39, 0.29) is 5.41 Å². The van der Waals surface area contributed by atoms with Crippen molar-refractivity contribution >= 4 is 11.6 Å². The van der Waals surface area contributed by atoms with Gasteiger partial charge in [0.2, 0.25) is 0 Å². The highest BCUT2D eigenvalue weighted by molar-refractivity contribution is 6.31. The Morgan fingerprint density at radius 1 is 1.44 bits per heavy atom. The molecule has 1 atom stereocenters. The van der Waals surface area contributed by atoms with Gasteiger partial charge in [0, 0.05) is 22.9 Å². The van der Waals surface area contributed by atoms with Crippen LogP contribution in [0.5, 0.6) is 0 Å². The van der Waals surface area contributed by atoms with Crippen LogP contribution in [-0.2, 0) is 10.2 Å². The molecule has 0 saturated carbocycles. The lowest BCUT2D eigenvalue weighted by Gasteiger charge is -2.37. The number of rotatable bonds is 4. The molecule has 3 heteroatoms. The van der Waals surface area contributed by atoms with Crippen LogP contribution in [0.4, 0.5) is 0 Å². The maximum absolute atomic E-state index is 6.25. The summed E-state index contributed by atoms with van der Waals surface area (Å²) in [5.41, 5.74) is 7.06. The SMILES string of the molecule is CC(CN)(CC1COC1)c1ccccc1Cl. The summed E-state index contributed by atoms with van der Waals surface area (Å²) in [5.74, 6) is 0.629. The first-order valence-corrected chi connectivity index (χ1v) is 6.06. The van der Waals surface area contributed by atoms with Crippen LogP contribution in [0.2, 0.25) is 5.02 Å². The molecule has 16 heavy (non-hydrogen) atoms. The minimum atomic E-state index is -0.0349. The van der Waals surface area contributed by atoms with E-state index in [0.717, 1.165) is 30.2 Å². The smallest absolute Gasteiger partial charge is 0.0516 e. The molecular formula is C13H18ClNO. The van der Waals surface area contributed by atoms with Gasteiger partial charge < -0.3 is 10.5 Å². The summed E-state index contributed by atoms with van der Waals surface area (Å²) < 4.78 is 5.22. The zero-order valence-electron chi connectivity index (χ0n) is 9.58. The molecule has 88 valence electrons. The van der Waals surface area contributed by atoms with Gasteiger partial charge in [-0.3, -0.25) is 0 Å². The summed E-state index contributed by atoms with van der Waals surface area (Å²) in [4.78, 5) is 0. The molecule has 1 saturated heterocycles. The average molecular weight is 240 g/mol. The molecular weight excluding hydrogens is 222 g/mol. The van der Waals surface area contributed by atoms with Gasteiger partial charge >= 0.3 is 0 Å². The van der Waals surface area contributed by atoms with Gasteiger partial charge in [0.05, 0.1) is 13.2 Å². The van der Waals surface area contributed by atoms with Crippen molar-refractivity contribution in [2.75, 3.05) is 19.8 Å². The number of ether oxygens (including phenoxy) is 1. The number of benzene rings is 1. The zero-order chi connectivity index (χ0) is 11.6. The molecule has 2 rings (SSSR count). The highest BCUT2D eigenvalue weighted by Gasteiger charge is 2.33. The molecule has 0 bridgehead atoms. The lowest BCUT2D eigenvalue weighted by molar-refractivity contribution is -0.0441. The minimum Gasteiger partial charge on any atom is -0.381 e. The summed E-state index contributed by atoms with van der Waals surface area (Å²) in [6.07, 6.45) is 1.05. The molecule has 1 aromatic rings. The van der Waals surface area contributed by atoms with E-state index in [2.05, 4.69) is 13.0 Å². The Bertz CT molecular complexity index is 365. The minimum absolute atomic E-state index is 0.0349. The Morgan fingerprint density at radius 2 is 2.12 bits per heavy atom. The standard InChI is InChI=1S/C13H18ClNO/c1-13(9-15,6-10-7-16-8-10)11-4-2-3-5-12(11)14/h2-5,10H,6-9,15H2,1H3. The molecule has 1 aliphatic heterocycles. The topological polar surface area (TPSA) is 35.2 Å². The molecule has 1 aliphatic rings. The molecule has 0 aliphatic carbocycles. The van der Waals surface area contributed by atoms with E-state index in [0.29, 0.717) is 12.5 Å². The fourth-order valence-corrected chi connectivity index (χ4v) is 2.66. The van der Waals surface area contributed by atoms with E-state index < -0.39 is 0 Å². The summed E-state index contributed by atoms with van der Waals surface area (Å²) in [5, 5.41) is 0.815. The lowest BCUT2D eigenvalue weighted by atomic mass is 9.75. The van der Waals surface area contributed by atoms with E-state index in [1.165, 1.54) is 0 Å². The first-order valence-electron chi connectivity index (χ1n) is 5.68. The molecule has 2 nitrogen and oxygen atoms in total. The second-order valence-electron chi connectivity index (χ2n) is 4.85. The van der Waals surface area contributed by atoms with Crippen LogP contribution in [0.15, 0.2) is 24.3 Å². The van der Waals surface area contributed by atoms with Gasteiger partial charge in [-0.25, -0.2) is 0 Å². The normalized spacial score (nSPS) is 20.2. The molecule has 2 N–H and O–H groups in total. The van der Waals surface area contributed by atoms with Crippen LogP contribution in [-0.4, -0.2) is 19.8 Å². The van der Waals surface area contributed by atoms with Crippen LogP contribution in [0.1, 0.15) is 18.9 Å². The Hall–Kier alpha value is -0.570. The van der Waals surface area contributed by atoms with Gasteiger partial charge in [0.1, 0.15) is 0 Å². The second-order valence-corrected chi connectivity index (χ2v) is 5.26. The van der Waals surface area contributed by atoms with Gasteiger partial charge in [-0.2, -0.15) is 0 Å². The molecule has 0 aromatic heterocycles. The number of hydrogen-bond donors (Lipinski definition) is 1. The van der Waals surface area contributed by atoms with Crippen LogP contribution in [0, 0.1) is 5.92 Å². The first kappa shape index (κ1) is 11.9. The van der Waals surface area contributed by atoms with Crippen LogP contribution < -0.4 is 5.73 Å². The Balaban J connectivity index is 2.22. The molecule has 0 amide bonds. The van der Waals surface area contributed by atoms with Gasteiger partial charge in [0.15, 0.2) is 0 Å². The van der Waals surface area contributed by atoms with Crippen molar-refractivity contribution in [2.24, 2.45) is 11.7 Å². The molecule has 1 unspecified atom stereocenters.